The summed E-state index contributed by atoms with van der Waals surface area (Å²) in [6.07, 6.45) is 2.98. The number of rotatable bonds is 25. The van der Waals surface area contributed by atoms with Gasteiger partial charge in [-0.2, -0.15) is 0 Å². The van der Waals surface area contributed by atoms with Gasteiger partial charge < -0.3 is 53.2 Å². The van der Waals surface area contributed by atoms with Gasteiger partial charge in [0.15, 0.2) is 29.6 Å². The Morgan fingerprint density at radius 2 is 1.50 bits per heavy atom. The number of anilines is 1. The van der Waals surface area contributed by atoms with Gasteiger partial charge in [-0.15, -0.1) is 0 Å². The number of likely N-dealkylation sites (tertiary alicyclic amines) is 1. The monoisotopic (exact) mass is 1130 g/mol. The van der Waals surface area contributed by atoms with E-state index < -0.39 is 60.1 Å². The van der Waals surface area contributed by atoms with Crippen molar-refractivity contribution in [2.75, 3.05) is 60.6 Å². The topological polar surface area (TPSA) is 259 Å². The van der Waals surface area contributed by atoms with Gasteiger partial charge in [0.05, 0.1) is 52.6 Å². The van der Waals surface area contributed by atoms with Crippen molar-refractivity contribution >= 4 is 47.1 Å². The number of benzene rings is 5. The number of nitrogens with zero attached hydrogens (tertiary/aromatic N) is 2. The van der Waals surface area contributed by atoms with Gasteiger partial charge in [0.2, 0.25) is 23.5 Å². The van der Waals surface area contributed by atoms with Crippen molar-refractivity contribution in [3.63, 3.8) is 0 Å². The first-order valence-electron chi connectivity index (χ1n) is 27.2. The minimum absolute atomic E-state index is 0.00904. The maximum Gasteiger partial charge on any atom is 0.326 e. The van der Waals surface area contributed by atoms with Crippen LogP contribution in [0, 0.1) is 0 Å². The van der Waals surface area contributed by atoms with Crippen LogP contribution in [-0.4, -0.2) is 136 Å². The molecule has 0 bridgehead atoms. The van der Waals surface area contributed by atoms with Gasteiger partial charge in [0, 0.05) is 30.8 Å². The smallest absolute Gasteiger partial charge is 0.326 e. The molecule has 3 saturated heterocycles. The lowest BCUT2D eigenvalue weighted by Crippen LogP contribution is -2.54. The number of hydrogen-bond donors (Lipinski definition) is 4. The summed E-state index contributed by atoms with van der Waals surface area (Å²) in [6.45, 7) is 2.43. The molecule has 5 aromatic carbocycles. The highest BCUT2D eigenvalue weighted by molar-refractivity contribution is 6.24. The fourth-order valence-corrected chi connectivity index (χ4v) is 11.2. The van der Waals surface area contributed by atoms with Crippen LogP contribution in [0.5, 0.6) is 40.2 Å². The largest absolute Gasteiger partial charge is 0.493 e. The standard InChI is InChI=1S/C61H67N5O16/c1-7-41(38-29-47(76-3)54(78-5)48(30-38)77-4)58(70)65-26-25-37(28-44(65)61(73)74)52-36(19-23-46(75-2)55(52)79-6)13-8-11-34-17-20-40(21-18-34)80-32-49-57(82-49)62-31-35-12-9-14-39(27-35)63-51(68)33-81-45-16-10-15-42-53(45)60(72)66(59(42)71)43-22-24-50(67)64-56(43)69/h9-10,12,14-21,23,27,29-30,37,41,43-44,49,57,62H,7-8,11,13,22,24-26,28,31-33H2,1-6H3,(H,63,68)(H,73,74)(H,64,67,69)/t37?,41-,43?,44-,49?,57?/m0/s1. The number of hydrogen-bond acceptors (Lipinski definition) is 16. The first kappa shape index (κ1) is 58.0. The molecule has 0 spiro atoms. The number of aryl methyl sites for hydroxylation is 2. The Bertz CT molecular complexity index is 3210. The van der Waals surface area contributed by atoms with Gasteiger partial charge in [-0.1, -0.05) is 43.3 Å². The number of imide groups is 2. The highest BCUT2D eigenvalue weighted by Crippen LogP contribution is 2.46. The number of carboxylic acid groups (broad SMARTS) is 1. The van der Waals surface area contributed by atoms with Crippen molar-refractivity contribution in [3.8, 4) is 40.2 Å². The van der Waals surface area contributed by atoms with E-state index in [2.05, 4.69) is 16.0 Å². The molecule has 82 heavy (non-hydrogen) atoms. The van der Waals surface area contributed by atoms with Crippen molar-refractivity contribution < 1.29 is 76.6 Å². The molecule has 0 saturated carbocycles. The van der Waals surface area contributed by atoms with Gasteiger partial charge in [0.25, 0.3) is 17.7 Å². The van der Waals surface area contributed by atoms with Gasteiger partial charge >= 0.3 is 5.97 Å². The summed E-state index contributed by atoms with van der Waals surface area (Å²) in [5.74, 6) is -2.30. The molecule has 21 heteroatoms. The number of carbonyl (C=O) groups excluding carboxylic acids is 6. The number of methoxy groups -OCH3 is 5. The van der Waals surface area contributed by atoms with Crippen LogP contribution in [0.1, 0.15) is 106 Å². The van der Waals surface area contributed by atoms with Crippen LogP contribution in [0.15, 0.2) is 91.0 Å². The number of nitrogens with one attached hydrogen (secondary N) is 3. The number of aliphatic carboxylic acids is 1. The van der Waals surface area contributed by atoms with E-state index in [1.807, 2.05) is 55.5 Å². The first-order valence-corrected chi connectivity index (χ1v) is 27.2. The second-order valence-corrected chi connectivity index (χ2v) is 20.3. The maximum atomic E-state index is 14.4. The molecule has 4 heterocycles. The fourth-order valence-electron chi connectivity index (χ4n) is 11.2. The summed E-state index contributed by atoms with van der Waals surface area (Å²) in [5.41, 5.74) is 5.07. The summed E-state index contributed by atoms with van der Waals surface area (Å²) in [7, 11) is 7.69. The zero-order valence-corrected chi connectivity index (χ0v) is 46.6. The van der Waals surface area contributed by atoms with E-state index in [1.54, 1.807) is 38.5 Å². The van der Waals surface area contributed by atoms with Gasteiger partial charge in [0.1, 0.15) is 42.5 Å². The van der Waals surface area contributed by atoms with Crippen LogP contribution in [-0.2, 0) is 48.1 Å². The zero-order valence-electron chi connectivity index (χ0n) is 46.6. The molecular formula is C61H67N5O16. The van der Waals surface area contributed by atoms with E-state index in [9.17, 15) is 38.7 Å². The van der Waals surface area contributed by atoms with Gasteiger partial charge in [-0.3, -0.25) is 44.3 Å². The second kappa shape index (κ2) is 25.8. The predicted molar refractivity (Wildman–Crippen MR) is 297 cm³/mol. The molecule has 4 aliphatic heterocycles. The minimum atomic E-state index is -1.13. The summed E-state index contributed by atoms with van der Waals surface area (Å²) < 4.78 is 46.0. The van der Waals surface area contributed by atoms with Crippen molar-refractivity contribution in [3.05, 3.63) is 130 Å². The quantitative estimate of drug-likeness (QED) is 0.0356. The van der Waals surface area contributed by atoms with Gasteiger partial charge in [-0.25, -0.2) is 4.79 Å². The Morgan fingerprint density at radius 3 is 2.18 bits per heavy atom. The van der Waals surface area contributed by atoms with Crippen LogP contribution in [0.3, 0.4) is 0 Å². The van der Waals surface area contributed by atoms with E-state index in [0.717, 1.165) is 40.0 Å². The van der Waals surface area contributed by atoms with Crippen molar-refractivity contribution in [2.24, 2.45) is 0 Å². The molecule has 3 fully saturated rings. The summed E-state index contributed by atoms with van der Waals surface area (Å²) in [5, 5.41) is 19.0. The van der Waals surface area contributed by atoms with E-state index in [-0.39, 0.29) is 66.8 Å². The lowest BCUT2D eigenvalue weighted by Gasteiger charge is -2.40. The van der Waals surface area contributed by atoms with E-state index in [4.69, 9.17) is 37.9 Å². The number of epoxide rings is 1. The minimum Gasteiger partial charge on any atom is -0.493 e. The number of fused-ring (bicyclic) bond motifs is 1. The molecular weight excluding hydrogens is 1060 g/mol. The molecule has 0 aromatic heterocycles. The lowest BCUT2D eigenvalue weighted by molar-refractivity contribution is -0.153. The van der Waals surface area contributed by atoms with E-state index in [1.165, 1.54) is 44.4 Å². The highest BCUT2D eigenvalue weighted by Gasteiger charge is 2.47. The van der Waals surface area contributed by atoms with Crippen LogP contribution < -0.4 is 49.1 Å². The lowest BCUT2D eigenvalue weighted by atomic mass is 9.80. The summed E-state index contributed by atoms with van der Waals surface area (Å²) >= 11 is 0. The Morgan fingerprint density at radius 1 is 0.768 bits per heavy atom. The molecule has 6 amide bonds. The average molecular weight is 1130 g/mol. The zero-order chi connectivity index (χ0) is 58.2. The van der Waals surface area contributed by atoms with Crippen LogP contribution in [0.4, 0.5) is 5.69 Å². The van der Waals surface area contributed by atoms with Crippen LogP contribution >= 0.6 is 0 Å². The number of amides is 6. The molecule has 5 aromatic rings. The summed E-state index contributed by atoms with van der Waals surface area (Å²) in [4.78, 5) is 93.5. The molecule has 4 aliphatic rings. The molecule has 0 aliphatic carbocycles. The number of carboxylic acids is 1. The third-order valence-corrected chi connectivity index (χ3v) is 15.4. The molecule has 6 atom stereocenters. The van der Waals surface area contributed by atoms with E-state index in [0.29, 0.717) is 78.2 Å². The second-order valence-electron chi connectivity index (χ2n) is 20.3. The third kappa shape index (κ3) is 12.6. The molecule has 0 radical (unpaired) electrons. The Balaban J connectivity index is 0.732. The Labute approximate surface area is 474 Å². The van der Waals surface area contributed by atoms with Crippen molar-refractivity contribution in [1.29, 1.82) is 0 Å². The third-order valence-electron chi connectivity index (χ3n) is 15.4. The number of ether oxygens (including phenoxy) is 8. The fraction of sp³-hybridized carbons (Fsp3) is 0.393. The average Bonchev–Trinajstić information content (AvgIpc) is 3.58. The Kier molecular flexibility index (Phi) is 18.3. The Hall–Kier alpha value is -8.69. The van der Waals surface area contributed by atoms with Crippen molar-refractivity contribution in [1.82, 2.24) is 20.4 Å². The maximum absolute atomic E-state index is 14.4. The number of carbonyl (C=O) groups is 7. The van der Waals surface area contributed by atoms with E-state index >= 15 is 0 Å². The first-order chi connectivity index (χ1) is 39.7. The molecule has 432 valence electrons. The molecule has 9 rings (SSSR count). The SMILES string of the molecule is CC[C@H](C(=O)N1CCC(c2c(CCCc3ccc(OCC4OC4NCc4cccc(NC(=O)COc5cccc6c5C(=O)N(C5CCC(=O)NC5=O)C6=O)c4)cc3)ccc(OC)c2OC)C[C@H]1C(=O)O)c1cc(OC)c(OC)c(OC)c1. The van der Waals surface area contributed by atoms with Crippen molar-refractivity contribution in [2.45, 2.75) is 101 Å². The molecule has 4 N–H and O–H groups in total. The normalized spacial score (nSPS) is 19.6. The van der Waals surface area contributed by atoms with Crippen LogP contribution in [0.25, 0.3) is 0 Å². The summed E-state index contributed by atoms with van der Waals surface area (Å²) in [6, 6.07) is 24.8. The highest BCUT2D eigenvalue weighted by atomic mass is 16.6. The van der Waals surface area contributed by atoms with Crippen LogP contribution in [0.2, 0.25) is 0 Å². The number of piperidine rings is 2. The predicted octanol–water partition coefficient (Wildman–Crippen LogP) is 6.57. The molecule has 21 nitrogen and oxygen atoms in total. The molecule has 4 unspecified atom stereocenters. The van der Waals surface area contributed by atoms with Gasteiger partial charge in [-0.05, 0) is 128 Å².